The number of carbonyl (C=O) groups is 2. The van der Waals surface area contributed by atoms with E-state index in [1.807, 2.05) is 0 Å². The van der Waals surface area contributed by atoms with E-state index in [0.717, 1.165) is 37.0 Å². The number of rotatable bonds is 16. The Kier molecular flexibility index (Phi) is 14.0. The Morgan fingerprint density at radius 3 is 1.86 bits per heavy atom. The fraction of sp³-hybridized carbons (Fsp3) is 0.812. The van der Waals surface area contributed by atoms with Crippen molar-refractivity contribution in [2.75, 3.05) is 19.8 Å². The van der Waals surface area contributed by atoms with Crippen LogP contribution in [0.4, 0.5) is 0 Å². The molecule has 0 aliphatic heterocycles. The van der Waals surface area contributed by atoms with Crippen molar-refractivity contribution < 1.29 is 24.2 Å². The van der Waals surface area contributed by atoms with Crippen molar-refractivity contribution in [1.29, 1.82) is 0 Å². The second kappa shape index (κ2) is 16.4. The maximum Gasteiger partial charge on any atom is 0.335 e. The van der Waals surface area contributed by atoms with Crippen LogP contribution in [0.5, 0.6) is 0 Å². The monoisotopic (exact) mass is 518 g/mol. The van der Waals surface area contributed by atoms with Crippen molar-refractivity contribution in [2.45, 2.75) is 117 Å². The molecule has 2 aliphatic carbocycles. The molecule has 2 saturated carbocycles. The predicted octanol–water partition coefficient (Wildman–Crippen LogP) is 7.57. The Bertz CT molecular complexity index is 727. The molecule has 2 rings (SSSR count). The summed E-state index contributed by atoms with van der Waals surface area (Å²) >= 11 is 0. The number of hydrogen-bond acceptors (Lipinski definition) is 5. The van der Waals surface area contributed by atoms with Gasteiger partial charge in [-0.25, -0.2) is 9.59 Å². The van der Waals surface area contributed by atoms with Gasteiger partial charge in [0.05, 0.1) is 12.2 Å². The average Bonchev–Trinajstić information content (AvgIpc) is 2.93. The largest absolute Gasteiger partial charge is 0.462 e. The molecular weight excluding hydrogens is 464 g/mol. The summed E-state index contributed by atoms with van der Waals surface area (Å²) in [5.41, 5.74) is -0.0168. The van der Waals surface area contributed by atoms with Gasteiger partial charge < -0.3 is 14.6 Å². The molecule has 0 spiro atoms. The molecule has 1 atom stereocenters. The molecule has 0 aromatic carbocycles. The zero-order valence-electron chi connectivity index (χ0n) is 24.0. The summed E-state index contributed by atoms with van der Waals surface area (Å²) in [4.78, 5) is 24.5. The van der Waals surface area contributed by atoms with E-state index < -0.39 is 24.0 Å². The van der Waals surface area contributed by atoms with Gasteiger partial charge in [0.2, 0.25) is 0 Å². The highest BCUT2D eigenvalue weighted by Gasteiger charge is 2.43. The third-order valence-electron chi connectivity index (χ3n) is 9.43. The van der Waals surface area contributed by atoms with Gasteiger partial charge in [-0.1, -0.05) is 78.4 Å². The fourth-order valence-corrected chi connectivity index (χ4v) is 6.67. The zero-order chi connectivity index (χ0) is 27.3. The lowest BCUT2D eigenvalue weighted by molar-refractivity contribution is -0.154. The minimum absolute atomic E-state index is 0.0456. The molecule has 1 N–H and O–H groups in total. The van der Waals surface area contributed by atoms with Crippen LogP contribution in [-0.4, -0.2) is 36.9 Å². The molecule has 0 radical (unpaired) electrons. The molecule has 0 saturated heterocycles. The molecule has 5 heteroatoms. The van der Waals surface area contributed by atoms with Crippen LogP contribution in [0.15, 0.2) is 24.3 Å². The molecule has 0 amide bonds. The van der Waals surface area contributed by atoms with Crippen LogP contribution in [-0.2, 0) is 19.1 Å². The highest BCUT2D eigenvalue weighted by molar-refractivity contribution is 5.88. The van der Waals surface area contributed by atoms with Crippen molar-refractivity contribution in [3.05, 3.63) is 24.3 Å². The molecule has 212 valence electrons. The van der Waals surface area contributed by atoms with Gasteiger partial charge in [-0.05, 0) is 75.5 Å². The third-order valence-corrected chi connectivity index (χ3v) is 9.43. The SMILES string of the molecule is C=C(C)C(=O)OCC(CC)(COC(=O)C(=C)CO)C1CCC(C2CCC(CCCCCCC)CC2)CC1. The van der Waals surface area contributed by atoms with Gasteiger partial charge in [-0.3, -0.25) is 0 Å². The molecule has 0 bridgehead atoms. The Morgan fingerprint density at radius 1 is 0.811 bits per heavy atom. The van der Waals surface area contributed by atoms with Gasteiger partial charge in [0.15, 0.2) is 0 Å². The highest BCUT2D eigenvalue weighted by atomic mass is 16.5. The Labute approximate surface area is 226 Å². The van der Waals surface area contributed by atoms with Crippen LogP contribution in [0.25, 0.3) is 0 Å². The third kappa shape index (κ3) is 9.89. The molecule has 37 heavy (non-hydrogen) atoms. The minimum Gasteiger partial charge on any atom is -0.462 e. The van der Waals surface area contributed by atoms with E-state index in [2.05, 4.69) is 27.0 Å². The van der Waals surface area contributed by atoms with E-state index in [0.29, 0.717) is 11.5 Å². The molecule has 1 unspecified atom stereocenters. The van der Waals surface area contributed by atoms with Crippen LogP contribution >= 0.6 is 0 Å². The first kappa shape index (κ1) is 31.6. The minimum atomic E-state index is -0.581. The first-order valence-electron chi connectivity index (χ1n) is 15.0. The van der Waals surface area contributed by atoms with Crippen LogP contribution in [0, 0.1) is 29.1 Å². The first-order chi connectivity index (χ1) is 17.8. The standard InChI is InChI=1S/C32H54O5/c1-6-8-9-10-11-12-26-13-15-27(16-14-26)28-17-19-29(20-18-28)32(7-2,22-36-30(34)24(3)4)23-37-31(35)25(5)21-33/h26-29,33H,3,5-23H2,1-2,4H3. The number of carbonyl (C=O) groups excluding carboxylic acids is 2. The van der Waals surface area contributed by atoms with Crippen LogP contribution < -0.4 is 0 Å². The quantitative estimate of drug-likeness (QED) is 0.130. The van der Waals surface area contributed by atoms with Gasteiger partial charge in [-0.15, -0.1) is 0 Å². The number of ether oxygens (including phenoxy) is 2. The van der Waals surface area contributed by atoms with Gasteiger partial charge in [0.25, 0.3) is 0 Å². The summed E-state index contributed by atoms with van der Waals surface area (Å²) in [6.07, 6.45) is 19.2. The molecule has 0 aromatic rings. The molecule has 0 aromatic heterocycles. The lowest BCUT2D eigenvalue weighted by Gasteiger charge is -2.45. The Balaban J connectivity index is 1.91. The van der Waals surface area contributed by atoms with Gasteiger partial charge >= 0.3 is 11.9 Å². The van der Waals surface area contributed by atoms with E-state index in [-0.39, 0.29) is 18.8 Å². The summed E-state index contributed by atoms with van der Waals surface area (Å²) < 4.78 is 11.2. The fourth-order valence-electron chi connectivity index (χ4n) is 6.67. The first-order valence-corrected chi connectivity index (χ1v) is 15.0. The topological polar surface area (TPSA) is 72.8 Å². The summed E-state index contributed by atoms with van der Waals surface area (Å²) in [6, 6.07) is 0. The van der Waals surface area contributed by atoms with Crippen molar-refractivity contribution in [2.24, 2.45) is 29.1 Å². The van der Waals surface area contributed by atoms with Crippen molar-refractivity contribution >= 4 is 11.9 Å². The second-order valence-electron chi connectivity index (χ2n) is 12.0. The Hall–Kier alpha value is -1.62. The summed E-state index contributed by atoms with van der Waals surface area (Å²) in [7, 11) is 0. The zero-order valence-corrected chi connectivity index (χ0v) is 24.0. The van der Waals surface area contributed by atoms with Gasteiger partial charge in [-0.2, -0.15) is 0 Å². The van der Waals surface area contributed by atoms with Crippen LogP contribution in [0.3, 0.4) is 0 Å². The van der Waals surface area contributed by atoms with Crippen molar-refractivity contribution in [1.82, 2.24) is 0 Å². The highest BCUT2D eigenvalue weighted by Crippen LogP contribution is 2.48. The van der Waals surface area contributed by atoms with Crippen LogP contribution in [0.1, 0.15) is 117 Å². The van der Waals surface area contributed by atoms with E-state index >= 15 is 0 Å². The maximum absolute atomic E-state index is 12.3. The maximum atomic E-state index is 12.3. The van der Waals surface area contributed by atoms with E-state index in [1.165, 1.54) is 77.0 Å². The molecule has 0 heterocycles. The molecule has 2 aliphatic rings. The molecular formula is C32H54O5. The smallest absolute Gasteiger partial charge is 0.335 e. The summed E-state index contributed by atoms with van der Waals surface area (Å²) in [5.74, 6) is 1.91. The van der Waals surface area contributed by atoms with Gasteiger partial charge in [0.1, 0.15) is 13.2 Å². The lowest BCUT2D eigenvalue weighted by atomic mass is 9.62. The summed E-state index contributed by atoms with van der Waals surface area (Å²) in [5, 5.41) is 9.24. The number of unbranched alkanes of at least 4 members (excludes halogenated alkanes) is 4. The predicted molar refractivity (Wildman–Crippen MR) is 150 cm³/mol. The van der Waals surface area contributed by atoms with Crippen molar-refractivity contribution in [3.8, 4) is 0 Å². The number of aliphatic hydroxyl groups excluding tert-OH is 1. The Morgan fingerprint density at radius 2 is 1.35 bits per heavy atom. The number of esters is 2. The average molecular weight is 519 g/mol. The lowest BCUT2D eigenvalue weighted by Crippen LogP contribution is -2.43. The molecule has 5 nitrogen and oxygen atoms in total. The van der Waals surface area contributed by atoms with Crippen LogP contribution in [0.2, 0.25) is 0 Å². The van der Waals surface area contributed by atoms with Crippen molar-refractivity contribution in [3.63, 3.8) is 0 Å². The number of hydrogen-bond donors (Lipinski definition) is 1. The van der Waals surface area contributed by atoms with E-state index in [9.17, 15) is 14.7 Å². The number of aliphatic hydroxyl groups is 1. The van der Waals surface area contributed by atoms with E-state index in [1.54, 1.807) is 6.92 Å². The molecule has 2 fully saturated rings. The van der Waals surface area contributed by atoms with Gasteiger partial charge in [0, 0.05) is 11.0 Å². The summed E-state index contributed by atoms with van der Waals surface area (Å²) in [6.45, 7) is 13.3. The normalized spacial score (nSPS) is 25.6. The van der Waals surface area contributed by atoms with E-state index in [4.69, 9.17) is 9.47 Å². The second-order valence-corrected chi connectivity index (χ2v) is 12.0.